The number of aryl methyl sites for hydroxylation is 1. The Morgan fingerprint density at radius 2 is 2.57 bits per heavy atom. The summed E-state index contributed by atoms with van der Waals surface area (Å²) in [7, 11) is 1.80. The molecular weight excluding hydrogens is 186 g/mol. The summed E-state index contributed by atoms with van der Waals surface area (Å²) in [5.41, 5.74) is 0.897. The van der Waals surface area contributed by atoms with E-state index in [4.69, 9.17) is 5.11 Å². The van der Waals surface area contributed by atoms with E-state index in [2.05, 4.69) is 15.2 Å². The van der Waals surface area contributed by atoms with Crippen LogP contribution < -0.4 is 5.32 Å². The van der Waals surface area contributed by atoms with Crippen molar-refractivity contribution in [1.82, 2.24) is 15.1 Å². The molecule has 0 atom stereocenters. The molecule has 14 heavy (non-hydrogen) atoms. The Labute approximate surface area is 81.5 Å². The molecule has 0 bridgehead atoms. The third-order valence-electron chi connectivity index (χ3n) is 1.52. The lowest BCUT2D eigenvalue weighted by atomic mass is 10.4. The molecule has 1 heterocycles. The topological polar surface area (TPSA) is 76.4 Å². The molecule has 0 spiro atoms. The SMILES string of the molecule is Cn1cc(CNC(=O)OCCO)cn1. The van der Waals surface area contributed by atoms with Crippen molar-refractivity contribution >= 4 is 6.09 Å². The molecule has 0 aliphatic heterocycles. The van der Waals surface area contributed by atoms with E-state index >= 15 is 0 Å². The van der Waals surface area contributed by atoms with E-state index in [-0.39, 0.29) is 13.2 Å². The van der Waals surface area contributed by atoms with Crippen molar-refractivity contribution in [3.05, 3.63) is 18.0 Å². The van der Waals surface area contributed by atoms with Gasteiger partial charge < -0.3 is 15.2 Å². The summed E-state index contributed by atoms with van der Waals surface area (Å²) >= 11 is 0. The average Bonchev–Trinajstić information content (AvgIpc) is 2.58. The van der Waals surface area contributed by atoms with Crippen LogP contribution in [0.1, 0.15) is 5.56 Å². The van der Waals surface area contributed by atoms with Crippen LogP contribution >= 0.6 is 0 Å². The van der Waals surface area contributed by atoms with Crippen LogP contribution in [0, 0.1) is 0 Å². The van der Waals surface area contributed by atoms with Crippen molar-refractivity contribution in [1.29, 1.82) is 0 Å². The maximum atomic E-state index is 10.9. The number of amides is 1. The first-order valence-electron chi connectivity index (χ1n) is 4.21. The largest absolute Gasteiger partial charge is 0.447 e. The fourth-order valence-electron chi connectivity index (χ4n) is 0.927. The summed E-state index contributed by atoms with van der Waals surface area (Å²) in [6, 6.07) is 0. The van der Waals surface area contributed by atoms with Gasteiger partial charge in [0.15, 0.2) is 0 Å². The first-order chi connectivity index (χ1) is 6.72. The molecule has 1 aromatic rings. The second-order valence-corrected chi connectivity index (χ2v) is 2.74. The number of hydrogen-bond acceptors (Lipinski definition) is 4. The standard InChI is InChI=1S/C8H13N3O3/c1-11-6-7(5-10-11)4-9-8(13)14-3-2-12/h5-6,12H,2-4H2,1H3,(H,9,13). The Kier molecular flexibility index (Phi) is 3.93. The van der Waals surface area contributed by atoms with Crippen LogP contribution in [0.3, 0.4) is 0 Å². The normalized spacial score (nSPS) is 9.86. The number of alkyl carbamates (subject to hydrolysis) is 1. The molecule has 1 aromatic heterocycles. The van der Waals surface area contributed by atoms with Gasteiger partial charge in [-0.1, -0.05) is 0 Å². The third kappa shape index (κ3) is 3.44. The van der Waals surface area contributed by atoms with Gasteiger partial charge in [-0.3, -0.25) is 4.68 Å². The second-order valence-electron chi connectivity index (χ2n) is 2.74. The number of aromatic nitrogens is 2. The van der Waals surface area contributed by atoms with Crippen molar-refractivity contribution in [2.24, 2.45) is 7.05 Å². The highest BCUT2D eigenvalue weighted by molar-refractivity contribution is 5.67. The van der Waals surface area contributed by atoms with Gasteiger partial charge in [-0.25, -0.2) is 4.79 Å². The maximum absolute atomic E-state index is 10.9. The van der Waals surface area contributed by atoms with Crippen molar-refractivity contribution in [2.45, 2.75) is 6.54 Å². The molecule has 6 heteroatoms. The Bertz CT molecular complexity index is 298. The van der Waals surface area contributed by atoms with Crippen LogP contribution in [0.5, 0.6) is 0 Å². The predicted octanol–water partition coefficient (Wildman–Crippen LogP) is -0.361. The number of aliphatic hydroxyl groups excluding tert-OH is 1. The van der Waals surface area contributed by atoms with Gasteiger partial charge in [-0.2, -0.15) is 5.10 Å². The average molecular weight is 199 g/mol. The molecule has 1 rings (SSSR count). The molecule has 0 aliphatic rings. The number of nitrogens with zero attached hydrogens (tertiary/aromatic N) is 2. The highest BCUT2D eigenvalue weighted by Gasteiger charge is 2.01. The van der Waals surface area contributed by atoms with Gasteiger partial charge in [-0.05, 0) is 0 Å². The number of nitrogens with one attached hydrogen (secondary N) is 1. The number of rotatable bonds is 4. The first-order valence-corrected chi connectivity index (χ1v) is 4.21. The summed E-state index contributed by atoms with van der Waals surface area (Å²) in [6.45, 7) is 0.220. The Hall–Kier alpha value is -1.56. The highest BCUT2D eigenvalue weighted by atomic mass is 16.6. The van der Waals surface area contributed by atoms with Crippen LogP contribution in [0.25, 0.3) is 0 Å². The molecule has 0 saturated heterocycles. The first kappa shape index (κ1) is 10.5. The minimum atomic E-state index is -0.539. The smallest absolute Gasteiger partial charge is 0.407 e. The zero-order valence-electron chi connectivity index (χ0n) is 7.93. The minimum absolute atomic E-state index is 0.0128. The van der Waals surface area contributed by atoms with E-state index in [1.165, 1.54) is 0 Å². The van der Waals surface area contributed by atoms with E-state index in [0.29, 0.717) is 6.54 Å². The van der Waals surface area contributed by atoms with Crippen molar-refractivity contribution < 1.29 is 14.6 Å². The summed E-state index contributed by atoms with van der Waals surface area (Å²) < 4.78 is 6.24. The molecule has 0 fully saturated rings. The van der Waals surface area contributed by atoms with Crippen LogP contribution in [0.15, 0.2) is 12.4 Å². The minimum Gasteiger partial charge on any atom is -0.447 e. The van der Waals surface area contributed by atoms with E-state index in [9.17, 15) is 4.79 Å². The molecule has 0 saturated carbocycles. The summed E-state index contributed by atoms with van der Waals surface area (Å²) in [5.74, 6) is 0. The summed E-state index contributed by atoms with van der Waals surface area (Å²) in [6.07, 6.45) is 2.92. The van der Waals surface area contributed by atoms with Gasteiger partial charge in [0, 0.05) is 25.4 Å². The van der Waals surface area contributed by atoms with E-state index in [1.54, 1.807) is 24.1 Å². The molecule has 0 radical (unpaired) electrons. The molecule has 0 unspecified atom stereocenters. The second kappa shape index (κ2) is 5.23. The molecule has 0 aliphatic carbocycles. The van der Waals surface area contributed by atoms with Gasteiger partial charge in [0.25, 0.3) is 0 Å². The Morgan fingerprint density at radius 3 is 3.14 bits per heavy atom. The number of ether oxygens (including phenoxy) is 1. The lowest BCUT2D eigenvalue weighted by Gasteiger charge is -2.03. The third-order valence-corrected chi connectivity index (χ3v) is 1.52. The van der Waals surface area contributed by atoms with E-state index in [1.807, 2.05) is 0 Å². The quantitative estimate of drug-likeness (QED) is 0.694. The summed E-state index contributed by atoms with van der Waals surface area (Å²) in [4.78, 5) is 10.9. The molecule has 0 aromatic carbocycles. The van der Waals surface area contributed by atoms with Crippen molar-refractivity contribution in [3.8, 4) is 0 Å². The van der Waals surface area contributed by atoms with Crippen molar-refractivity contribution in [3.63, 3.8) is 0 Å². The van der Waals surface area contributed by atoms with Crippen molar-refractivity contribution in [2.75, 3.05) is 13.2 Å². The number of carbonyl (C=O) groups excluding carboxylic acids is 1. The highest BCUT2D eigenvalue weighted by Crippen LogP contribution is 1.94. The molecule has 2 N–H and O–H groups in total. The lowest BCUT2D eigenvalue weighted by Crippen LogP contribution is -2.24. The predicted molar refractivity (Wildman–Crippen MR) is 48.5 cm³/mol. The van der Waals surface area contributed by atoms with Gasteiger partial charge in [0.2, 0.25) is 0 Å². The fraction of sp³-hybridized carbons (Fsp3) is 0.500. The summed E-state index contributed by atoms with van der Waals surface area (Å²) in [5, 5.41) is 14.8. The number of aliphatic hydroxyl groups is 1. The number of hydrogen-bond donors (Lipinski definition) is 2. The van der Waals surface area contributed by atoms with Crippen LogP contribution in [0.4, 0.5) is 4.79 Å². The fourth-order valence-corrected chi connectivity index (χ4v) is 0.927. The van der Waals surface area contributed by atoms with E-state index < -0.39 is 6.09 Å². The van der Waals surface area contributed by atoms with Gasteiger partial charge >= 0.3 is 6.09 Å². The van der Waals surface area contributed by atoms with Crippen LogP contribution in [0.2, 0.25) is 0 Å². The van der Waals surface area contributed by atoms with Crippen LogP contribution in [-0.2, 0) is 18.3 Å². The molecule has 1 amide bonds. The lowest BCUT2D eigenvalue weighted by molar-refractivity contribution is 0.119. The number of carbonyl (C=O) groups is 1. The molecule has 6 nitrogen and oxygen atoms in total. The Balaban J connectivity index is 2.23. The molecular formula is C8H13N3O3. The zero-order valence-corrected chi connectivity index (χ0v) is 7.93. The van der Waals surface area contributed by atoms with Crippen LogP contribution in [-0.4, -0.2) is 34.2 Å². The molecule has 78 valence electrons. The van der Waals surface area contributed by atoms with Gasteiger partial charge in [-0.15, -0.1) is 0 Å². The van der Waals surface area contributed by atoms with Gasteiger partial charge in [0.05, 0.1) is 12.8 Å². The van der Waals surface area contributed by atoms with E-state index in [0.717, 1.165) is 5.56 Å². The zero-order chi connectivity index (χ0) is 10.4. The maximum Gasteiger partial charge on any atom is 0.407 e. The monoisotopic (exact) mass is 199 g/mol. The Morgan fingerprint density at radius 1 is 1.79 bits per heavy atom. The van der Waals surface area contributed by atoms with Gasteiger partial charge in [0.1, 0.15) is 6.61 Å².